The molecule has 1 aliphatic heterocycles. The van der Waals surface area contributed by atoms with Crippen LogP contribution in [0.3, 0.4) is 0 Å². The molecule has 9 heteroatoms. The molecule has 1 heterocycles. The highest BCUT2D eigenvalue weighted by Gasteiger charge is 2.34. The lowest BCUT2D eigenvalue weighted by molar-refractivity contribution is 0.0697. The zero-order chi connectivity index (χ0) is 19.5. The van der Waals surface area contributed by atoms with Crippen molar-refractivity contribution in [2.75, 3.05) is 18.1 Å². The Morgan fingerprint density at radius 3 is 2.35 bits per heavy atom. The van der Waals surface area contributed by atoms with Crippen LogP contribution in [0.2, 0.25) is 0 Å². The van der Waals surface area contributed by atoms with Gasteiger partial charge in [-0.15, -0.1) is 0 Å². The Bertz CT molecular complexity index is 846. The van der Waals surface area contributed by atoms with Crippen LogP contribution in [-0.2, 0) is 19.9 Å². The minimum atomic E-state index is -3.62. The Morgan fingerprint density at radius 1 is 1.27 bits per heavy atom. The fourth-order valence-electron chi connectivity index (χ4n) is 3.03. The van der Waals surface area contributed by atoms with E-state index in [0.29, 0.717) is 24.9 Å². The van der Waals surface area contributed by atoms with Crippen molar-refractivity contribution in [3.8, 4) is 0 Å². The smallest absolute Gasteiger partial charge is 0.254 e. The zero-order valence-corrected chi connectivity index (χ0v) is 16.9. The number of sulfone groups is 1. The Labute approximate surface area is 155 Å². The molecule has 1 aromatic rings. The van der Waals surface area contributed by atoms with Gasteiger partial charge in [-0.3, -0.25) is 4.79 Å². The molecule has 1 amide bonds. The summed E-state index contributed by atoms with van der Waals surface area (Å²) in [5.41, 5.74) is 0.353. The van der Waals surface area contributed by atoms with Gasteiger partial charge >= 0.3 is 0 Å². The summed E-state index contributed by atoms with van der Waals surface area (Å²) in [6.07, 6.45) is 1.16. The average molecular weight is 403 g/mol. The maximum atomic E-state index is 12.8. The summed E-state index contributed by atoms with van der Waals surface area (Å²) in [7, 11) is -6.71. The highest BCUT2D eigenvalue weighted by Crippen LogP contribution is 2.21. The number of hydrogen-bond donors (Lipinski definition) is 1. The molecule has 1 atom stereocenters. The van der Waals surface area contributed by atoms with Crippen molar-refractivity contribution in [1.29, 1.82) is 0 Å². The molecule has 0 aromatic heterocycles. The fraction of sp³-hybridized carbons (Fsp3) is 0.588. The van der Waals surface area contributed by atoms with Gasteiger partial charge in [-0.25, -0.2) is 21.6 Å². The fourth-order valence-corrected chi connectivity index (χ4v) is 6.01. The summed E-state index contributed by atoms with van der Waals surface area (Å²) in [6, 6.07) is 5.19. The molecule has 26 heavy (non-hydrogen) atoms. The van der Waals surface area contributed by atoms with Crippen molar-refractivity contribution in [3.63, 3.8) is 0 Å². The van der Waals surface area contributed by atoms with Gasteiger partial charge in [0.15, 0.2) is 9.84 Å². The Balaban J connectivity index is 2.22. The minimum Gasteiger partial charge on any atom is -0.335 e. The van der Waals surface area contributed by atoms with Gasteiger partial charge in [-0.2, -0.15) is 0 Å². The molecule has 1 saturated heterocycles. The van der Waals surface area contributed by atoms with Crippen LogP contribution in [0.5, 0.6) is 0 Å². The zero-order valence-electron chi connectivity index (χ0n) is 15.3. The van der Waals surface area contributed by atoms with E-state index in [2.05, 4.69) is 4.72 Å². The summed E-state index contributed by atoms with van der Waals surface area (Å²) >= 11 is 0. The SMILES string of the molecule is CCCN(C(=O)c1ccc(S(=O)(=O)NC(C)C)cc1)C1CCS(=O)(=O)C1. The van der Waals surface area contributed by atoms with E-state index < -0.39 is 19.9 Å². The molecular weight excluding hydrogens is 376 g/mol. The van der Waals surface area contributed by atoms with E-state index in [1.54, 1.807) is 18.7 Å². The first-order valence-corrected chi connectivity index (χ1v) is 12.0. The number of nitrogens with zero attached hydrogens (tertiary/aromatic N) is 1. The molecule has 146 valence electrons. The van der Waals surface area contributed by atoms with Gasteiger partial charge in [-0.1, -0.05) is 6.92 Å². The van der Waals surface area contributed by atoms with Gasteiger partial charge in [0.25, 0.3) is 5.91 Å². The van der Waals surface area contributed by atoms with E-state index in [1.807, 2.05) is 6.92 Å². The molecule has 1 N–H and O–H groups in total. The summed E-state index contributed by atoms with van der Waals surface area (Å²) in [6.45, 7) is 5.85. The number of nitrogens with one attached hydrogen (secondary N) is 1. The number of sulfonamides is 1. The van der Waals surface area contributed by atoms with E-state index in [-0.39, 0.29) is 34.4 Å². The van der Waals surface area contributed by atoms with Crippen LogP contribution in [0, 0.1) is 0 Å². The third-order valence-corrected chi connectivity index (χ3v) is 7.60. The maximum Gasteiger partial charge on any atom is 0.254 e. The normalized spacial score (nSPS) is 19.6. The molecule has 0 aliphatic carbocycles. The third-order valence-electron chi connectivity index (χ3n) is 4.18. The molecular formula is C17H26N2O5S2. The van der Waals surface area contributed by atoms with Gasteiger partial charge in [0.2, 0.25) is 10.0 Å². The van der Waals surface area contributed by atoms with Crippen molar-refractivity contribution in [2.24, 2.45) is 0 Å². The molecule has 0 saturated carbocycles. The van der Waals surface area contributed by atoms with Crippen molar-refractivity contribution >= 4 is 25.8 Å². The standard InChI is InChI=1S/C17H26N2O5S2/c1-4-10-19(15-9-11-25(21,22)12-15)17(20)14-5-7-16(8-6-14)26(23,24)18-13(2)3/h5-8,13,15,18H,4,9-12H2,1-3H3. The molecule has 0 radical (unpaired) electrons. The topological polar surface area (TPSA) is 101 Å². The van der Waals surface area contributed by atoms with E-state index in [9.17, 15) is 21.6 Å². The number of amides is 1. The summed E-state index contributed by atoms with van der Waals surface area (Å²) in [4.78, 5) is 14.5. The van der Waals surface area contributed by atoms with Crippen molar-refractivity contribution in [2.45, 2.75) is 50.6 Å². The maximum absolute atomic E-state index is 12.8. The van der Waals surface area contributed by atoms with Gasteiger partial charge in [0.05, 0.1) is 16.4 Å². The Hall–Kier alpha value is -1.45. The predicted molar refractivity (Wildman–Crippen MR) is 100 cm³/mol. The second kappa shape index (κ2) is 8.06. The summed E-state index contributed by atoms with van der Waals surface area (Å²) in [5.74, 6) is -0.179. The number of benzene rings is 1. The first-order valence-electron chi connectivity index (χ1n) is 8.69. The van der Waals surface area contributed by atoms with Crippen molar-refractivity contribution in [1.82, 2.24) is 9.62 Å². The van der Waals surface area contributed by atoms with Crippen molar-refractivity contribution in [3.05, 3.63) is 29.8 Å². The molecule has 7 nitrogen and oxygen atoms in total. The van der Waals surface area contributed by atoms with Gasteiger partial charge < -0.3 is 4.90 Å². The lowest BCUT2D eigenvalue weighted by Gasteiger charge is -2.28. The van der Waals surface area contributed by atoms with Crippen LogP contribution in [0.25, 0.3) is 0 Å². The van der Waals surface area contributed by atoms with Crippen LogP contribution in [0.4, 0.5) is 0 Å². The second-order valence-electron chi connectivity index (χ2n) is 6.86. The summed E-state index contributed by atoms with van der Waals surface area (Å²) in [5, 5.41) is 0. The molecule has 2 rings (SSSR count). The number of rotatable bonds is 7. The third kappa shape index (κ3) is 5.05. The highest BCUT2D eigenvalue weighted by molar-refractivity contribution is 7.91. The lowest BCUT2D eigenvalue weighted by atomic mass is 10.1. The first kappa shape index (κ1) is 20.9. The quantitative estimate of drug-likeness (QED) is 0.743. The predicted octanol–water partition coefficient (Wildman–Crippen LogP) is 1.41. The van der Waals surface area contributed by atoms with Crippen molar-refractivity contribution < 1.29 is 21.6 Å². The van der Waals surface area contributed by atoms with E-state index >= 15 is 0 Å². The van der Waals surface area contributed by atoms with E-state index in [1.165, 1.54) is 24.3 Å². The molecule has 1 aliphatic rings. The largest absolute Gasteiger partial charge is 0.335 e. The number of carbonyl (C=O) groups excluding carboxylic acids is 1. The van der Waals surface area contributed by atoms with Crippen LogP contribution in [0.1, 0.15) is 44.0 Å². The van der Waals surface area contributed by atoms with Gasteiger partial charge in [0, 0.05) is 24.2 Å². The number of carbonyl (C=O) groups is 1. The second-order valence-corrected chi connectivity index (χ2v) is 10.8. The Morgan fingerprint density at radius 2 is 1.88 bits per heavy atom. The van der Waals surface area contributed by atoms with Gasteiger partial charge in [-0.05, 0) is 51.0 Å². The van der Waals surface area contributed by atoms with Crippen LogP contribution >= 0.6 is 0 Å². The van der Waals surface area contributed by atoms with E-state index in [0.717, 1.165) is 0 Å². The highest BCUT2D eigenvalue weighted by atomic mass is 32.2. The molecule has 0 bridgehead atoms. The van der Waals surface area contributed by atoms with Crippen LogP contribution in [0.15, 0.2) is 29.2 Å². The molecule has 1 aromatic carbocycles. The average Bonchev–Trinajstić information content (AvgIpc) is 2.90. The van der Waals surface area contributed by atoms with E-state index in [4.69, 9.17) is 0 Å². The molecule has 1 unspecified atom stereocenters. The number of hydrogen-bond acceptors (Lipinski definition) is 5. The monoisotopic (exact) mass is 402 g/mol. The molecule has 1 fully saturated rings. The molecule has 0 spiro atoms. The summed E-state index contributed by atoms with van der Waals surface area (Å²) < 4.78 is 50.3. The first-order chi connectivity index (χ1) is 12.1. The lowest BCUT2D eigenvalue weighted by Crippen LogP contribution is -2.41. The Kier molecular flexibility index (Phi) is 6.46. The van der Waals surface area contributed by atoms with Gasteiger partial charge in [0.1, 0.15) is 0 Å². The van der Waals surface area contributed by atoms with Crippen LogP contribution < -0.4 is 4.72 Å². The minimum absolute atomic E-state index is 0.0104. The van der Waals surface area contributed by atoms with Crippen LogP contribution in [-0.4, -0.2) is 57.8 Å².